The number of amides is 1. The lowest BCUT2D eigenvalue weighted by Crippen LogP contribution is -2.35. The third-order valence-electron chi connectivity index (χ3n) is 2.01. The Morgan fingerprint density at radius 2 is 2.31 bits per heavy atom. The van der Waals surface area contributed by atoms with Crippen molar-refractivity contribution in [2.24, 2.45) is 0 Å². The van der Waals surface area contributed by atoms with Crippen LogP contribution in [0.5, 0.6) is 0 Å². The van der Waals surface area contributed by atoms with Crippen molar-refractivity contribution in [1.82, 2.24) is 10.6 Å². The molecule has 0 bridgehead atoms. The van der Waals surface area contributed by atoms with Crippen LogP contribution >= 0.6 is 0 Å². The average Bonchev–Trinajstić information content (AvgIpc) is 2.83. The lowest BCUT2D eigenvalue weighted by atomic mass is 10.3. The Balaban J connectivity index is 1.90. The van der Waals surface area contributed by atoms with Crippen LogP contribution in [0.15, 0.2) is 0 Å². The molecule has 1 rings (SSSR count). The van der Waals surface area contributed by atoms with Crippen LogP contribution < -0.4 is 10.6 Å². The highest BCUT2D eigenvalue weighted by atomic mass is 16.3. The lowest BCUT2D eigenvalue weighted by Gasteiger charge is -2.06. The molecule has 0 heterocycles. The number of rotatable bonds is 6. The zero-order valence-electron chi connectivity index (χ0n) is 8.05. The number of carbonyl (C=O) groups excluding carboxylic acids is 1. The first-order valence-corrected chi connectivity index (χ1v) is 4.86. The summed E-state index contributed by atoms with van der Waals surface area (Å²) in [6.45, 7) is 2.68. The van der Waals surface area contributed by atoms with Crippen LogP contribution in [0.2, 0.25) is 0 Å². The number of nitrogens with one attached hydrogen (secondary N) is 2. The first-order chi connectivity index (χ1) is 6.18. The van der Waals surface area contributed by atoms with E-state index < -0.39 is 0 Å². The standard InChI is InChI=1S/C9H18N2O2/c1-7(12)4-5-10-9(13)6-11-8-2-3-8/h7-8,11-12H,2-6H2,1H3,(H,10,13). The van der Waals surface area contributed by atoms with Crippen molar-refractivity contribution < 1.29 is 9.90 Å². The minimum atomic E-state index is -0.336. The first kappa shape index (κ1) is 10.5. The Hall–Kier alpha value is -0.610. The van der Waals surface area contributed by atoms with Gasteiger partial charge in [-0.1, -0.05) is 0 Å². The molecule has 4 nitrogen and oxygen atoms in total. The second-order valence-corrected chi connectivity index (χ2v) is 3.64. The van der Waals surface area contributed by atoms with E-state index in [4.69, 9.17) is 5.11 Å². The molecular formula is C9H18N2O2. The van der Waals surface area contributed by atoms with Crippen molar-refractivity contribution in [3.05, 3.63) is 0 Å². The molecular weight excluding hydrogens is 168 g/mol. The number of hydrogen-bond acceptors (Lipinski definition) is 3. The van der Waals surface area contributed by atoms with Gasteiger partial charge in [0.05, 0.1) is 12.6 Å². The van der Waals surface area contributed by atoms with Gasteiger partial charge in [-0.3, -0.25) is 4.79 Å². The van der Waals surface area contributed by atoms with E-state index in [0.717, 1.165) is 0 Å². The van der Waals surface area contributed by atoms with Gasteiger partial charge in [-0.15, -0.1) is 0 Å². The number of aliphatic hydroxyl groups is 1. The Morgan fingerprint density at radius 3 is 2.85 bits per heavy atom. The van der Waals surface area contributed by atoms with Gasteiger partial charge in [-0.05, 0) is 26.2 Å². The Morgan fingerprint density at radius 1 is 1.62 bits per heavy atom. The van der Waals surface area contributed by atoms with E-state index in [1.54, 1.807) is 6.92 Å². The molecule has 13 heavy (non-hydrogen) atoms. The zero-order chi connectivity index (χ0) is 9.68. The molecule has 1 saturated carbocycles. The molecule has 1 aliphatic carbocycles. The van der Waals surface area contributed by atoms with Crippen molar-refractivity contribution in [2.45, 2.75) is 38.3 Å². The molecule has 0 aromatic carbocycles. The fourth-order valence-corrected chi connectivity index (χ4v) is 1.01. The molecule has 0 aliphatic heterocycles. The van der Waals surface area contributed by atoms with Crippen LogP contribution in [-0.4, -0.2) is 36.2 Å². The van der Waals surface area contributed by atoms with Crippen LogP contribution in [0.4, 0.5) is 0 Å². The predicted octanol–water partition coefficient (Wildman–Crippen LogP) is -0.374. The van der Waals surface area contributed by atoms with Gasteiger partial charge in [-0.2, -0.15) is 0 Å². The Bertz CT molecular complexity index is 167. The van der Waals surface area contributed by atoms with Crippen LogP contribution in [0.3, 0.4) is 0 Å². The van der Waals surface area contributed by atoms with Gasteiger partial charge in [0.1, 0.15) is 0 Å². The van der Waals surface area contributed by atoms with Crippen molar-refractivity contribution in [3.63, 3.8) is 0 Å². The molecule has 1 fully saturated rings. The van der Waals surface area contributed by atoms with E-state index in [1.807, 2.05) is 0 Å². The molecule has 0 aromatic heterocycles. The summed E-state index contributed by atoms with van der Waals surface area (Å²) in [5, 5.41) is 14.8. The molecule has 1 atom stereocenters. The minimum Gasteiger partial charge on any atom is -0.393 e. The van der Waals surface area contributed by atoms with E-state index in [-0.39, 0.29) is 12.0 Å². The van der Waals surface area contributed by atoms with Gasteiger partial charge in [-0.25, -0.2) is 0 Å². The highest BCUT2D eigenvalue weighted by Gasteiger charge is 2.20. The summed E-state index contributed by atoms with van der Waals surface area (Å²) >= 11 is 0. The molecule has 0 saturated heterocycles. The smallest absolute Gasteiger partial charge is 0.233 e. The van der Waals surface area contributed by atoms with Gasteiger partial charge in [0.2, 0.25) is 5.91 Å². The van der Waals surface area contributed by atoms with E-state index in [1.165, 1.54) is 12.8 Å². The van der Waals surface area contributed by atoms with E-state index in [0.29, 0.717) is 25.6 Å². The zero-order valence-corrected chi connectivity index (χ0v) is 8.05. The van der Waals surface area contributed by atoms with Crippen LogP contribution in [0.25, 0.3) is 0 Å². The lowest BCUT2D eigenvalue weighted by molar-refractivity contribution is -0.120. The van der Waals surface area contributed by atoms with Crippen LogP contribution in [0.1, 0.15) is 26.2 Å². The van der Waals surface area contributed by atoms with Gasteiger partial charge in [0, 0.05) is 12.6 Å². The van der Waals surface area contributed by atoms with Crippen molar-refractivity contribution in [3.8, 4) is 0 Å². The summed E-state index contributed by atoms with van der Waals surface area (Å²) in [5.41, 5.74) is 0. The molecule has 0 aromatic rings. The molecule has 0 spiro atoms. The summed E-state index contributed by atoms with van der Waals surface area (Å²) in [4.78, 5) is 11.1. The SMILES string of the molecule is CC(O)CCNC(=O)CNC1CC1. The van der Waals surface area contributed by atoms with Crippen LogP contribution in [-0.2, 0) is 4.79 Å². The Labute approximate surface area is 78.7 Å². The second kappa shape index (κ2) is 5.19. The van der Waals surface area contributed by atoms with Gasteiger partial charge in [0.15, 0.2) is 0 Å². The fraction of sp³-hybridized carbons (Fsp3) is 0.889. The van der Waals surface area contributed by atoms with Crippen molar-refractivity contribution in [1.29, 1.82) is 0 Å². The molecule has 1 amide bonds. The van der Waals surface area contributed by atoms with E-state index in [9.17, 15) is 4.79 Å². The molecule has 3 N–H and O–H groups in total. The quantitative estimate of drug-likeness (QED) is 0.530. The maximum Gasteiger partial charge on any atom is 0.233 e. The Kier molecular flexibility index (Phi) is 4.18. The van der Waals surface area contributed by atoms with Gasteiger partial charge < -0.3 is 15.7 Å². The molecule has 4 heteroatoms. The molecule has 1 aliphatic rings. The summed E-state index contributed by atoms with van der Waals surface area (Å²) in [5.74, 6) is 0.0209. The second-order valence-electron chi connectivity index (χ2n) is 3.64. The maximum atomic E-state index is 11.1. The predicted molar refractivity (Wildman–Crippen MR) is 50.3 cm³/mol. The van der Waals surface area contributed by atoms with Gasteiger partial charge >= 0.3 is 0 Å². The van der Waals surface area contributed by atoms with Crippen molar-refractivity contribution >= 4 is 5.91 Å². The number of carbonyl (C=O) groups is 1. The topological polar surface area (TPSA) is 61.4 Å². The molecule has 0 radical (unpaired) electrons. The summed E-state index contributed by atoms with van der Waals surface area (Å²) in [7, 11) is 0. The molecule has 1 unspecified atom stereocenters. The largest absolute Gasteiger partial charge is 0.393 e. The maximum absolute atomic E-state index is 11.1. The summed E-state index contributed by atoms with van der Waals surface area (Å²) in [6, 6.07) is 0.572. The normalized spacial score (nSPS) is 18.3. The van der Waals surface area contributed by atoms with E-state index in [2.05, 4.69) is 10.6 Å². The average molecular weight is 186 g/mol. The fourth-order valence-electron chi connectivity index (χ4n) is 1.01. The van der Waals surface area contributed by atoms with Crippen molar-refractivity contribution in [2.75, 3.05) is 13.1 Å². The highest BCUT2D eigenvalue weighted by Crippen LogP contribution is 2.17. The van der Waals surface area contributed by atoms with Gasteiger partial charge in [0.25, 0.3) is 0 Å². The summed E-state index contributed by atoms with van der Waals surface area (Å²) < 4.78 is 0. The summed E-state index contributed by atoms with van der Waals surface area (Å²) in [6.07, 6.45) is 2.67. The molecule has 76 valence electrons. The monoisotopic (exact) mass is 186 g/mol. The third-order valence-corrected chi connectivity index (χ3v) is 2.01. The van der Waals surface area contributed by atoms with E-state index >= 15 is 0 Å². The highest BCUT2D eigenvalue weighted by molar-refractivity contribution is 5.78. The minimum absolute atomic E-state index is 0.0209. The number of aliphatic hydroxyl groups excluding tert-OH is 1. The third kappa shape index (κ3) is 5.60. The number of hydrogen-bond donors (Lipinski definition) is 3. The van der Waals surface area contributed by atoms with Crippen LogP contribution in [0, 0.1) is 0 Å². The first-order valence-electron chi connectivity index (χ1n) is 4.86.